The van der Waals surface area contributed by atoms with Crippen molar-refractivity contribution in [2.24, 2.45) is 0 Å². The van der Waals surface area contributed by atoms with Crippen molar-refractivity contribution < 1.29 is 9.53 Å². The molecule has 0 aliphatic carbocycles. The van der Waals surface area contributed by atoms with Crippen LogP contribution in [0.2, 0.25) is 0 Å². The average Bonchev–Trinajstić information content (AvgIpc) is 2.67. The molecule has 25 heavy (non-hydrogen) atoms. The van der Waals surface area contributed by atoms with Crippen LogP contribution >= 0.6 is 0 Å². The molecule has 0 saturated carbocycles. The predicted octanol–water partition coefficient (Wildman–Crippen LogP) is 2.59. The molecule has 1 aliphatic heterocycles. The lowest BCUT2D eigenvalue weighted by Crippen LogP contribution is -2.51. The molecule has 1 N–H and O–H groups in total. The van der Waals surface area contributed by atoms with Crippen LogP contribution < -0.4 is 10.1 Å². The Labute approximate surface area is 149 Å². The fourth-order valence-electron chi connectivity index (χ4n) is 2.91. The van der Waals surface area contributed by atoms with Gasteiger partial charge in [-0.3, -0.25) is 4.90 Å². The van der Waals surface area contributed by atoms with Gasteiger partial charge in [0, 0.05) is 32.7 Å². The van der Waals surface area contributed by atoms with Gasteiger partial charge in [-0.25, -0.2) is 4.79 Å². The average molecular weight is 339 g/mol. The van der Waals surface area contributed by atoms with E-state index in [-0.39, 0.29) is 6.03 Å². The molecule has 1 heterocycles. The van der Waals surface area contributed by atoms with Crippen LogP contribution in [0.1, 0.15) is 5.56 Å². The van der Waals surface area contributed by atoms with E-state index in [2.05, 4.69) is 34.5 Å². The molecule has 2 aromatic rings. The fourth-order valence-corrected chi connectivity index (χ4v) is 2.91. The van der Waals surface area contributed by atoms with Gasteiger partial charge >= 0.3 is 6.03 Å². The third-order valence-corrected chi connectivity index (χ3v) is 4.30. The summed E-state index contributed by atoms with van der Waals surface area (Å²) >= 11 is 0. The number of para-hydroxylation sites is 1. The van der Waals surface area contributed by atoms with Crippen molar-refractivity contribution in [3.8, 4) is 5.75 Å². The Hall–Kier alpha value is -2.53. The number of ether oxygens (including phenoxy) is 1. The monoisotopic (exact) mass is 339 g/mol. The number of carbonyl (C=O) groups excluding carboxylic acids is 1. The van der Waals surface area contributed by atoms with Crippen molar-refractivity contribution in [2.45, 2.75) is 6.54 Å². The van der Waals surface area contributed by atoms with Crippen LogP contribution in [-0.2, 0) is 6.54 Å². The first kappa shape index (κ1) is 17.3. The lowest BCUT2D eigenvalue weighted by Gasteiger charge is -2.34. The molecule has 1 fully saturated rings. The second-order valence-electron chi connectivity index (χ2n) is 6.14. The second-order valence-corrected chi connectivity index (χ2v) is 6.14. The van der Waals surface area contributed by atoms with E-state index in [1.54, 1.807) is 0 Å². The van der Waals surface area contributed by atoms with Gasteiger partial charge in [0.2, 0.25) is 0 Å². The van der Waals surface area contributed by atoms with Gasteiger partial charge in [-0.2, -0.15) is 0 Å². The number of hydrogen-bond acceptors (Lipinski definition) is 3. The van der Waals surface area contributed by atoms with Gasteiger partial charge in [0.25, 0.3) is 0 Å². The van der Waals surface area contributed by atoms with Gasteiger partial charge < -0.3 is 15.0 Å². The maximum atomic E-state index is 12.2. The Balaban J connectivity index is 1.33. The Morgan fingerprint density at radius 3 is 2.24 bits per heavy atom. The van der Waals surface area contributed by atoms with Gasteiger partial charge in [-0.05, 0) is 17.7 Å². The summed E-state index contributed by atoms with van der Waals surface area (Å²) in [6.45, 7) is 5.27. The summed E-state index contributed by atoms with van der Waals surface area (Å²) in [5.41, 5.74) is 1.32. The molecular formula is C20H25N3O2. The van der Waals surface area contributed by atoms with Crippen LogP contribution in [-0.4, -0.2) is 55.2 Å². The lowest BCUT2D eigenvalue weighted by molar-refractivity contribution is 0.134. The zero-order valence-corrected chi connectivity index (χ0v) is 14.4. The number of carbonyl (C=O) groups is 1. The zero-order valence-electron chi connectivity index (χ0n) is 14.4. The summed E-state index contributed by atoms with van der Waals surface area (Å²) in [6, 6.07) is 20.1. The van der Waals surface area contributed by atoms with Crippen LogP contribution in [0.25, 0.3) is 0 Å². The lowest BCUT2D eigenvalue weighted by atomic mass is 10.2. The quantitative estimate of drug-likeness (QED) is 0.823. The SMILES string of the molecule is O=C(NCCOc1ccccc1)N1CCN(Cc2ccccc2)CC1. The molecule has 0 unspecified atom stereocenters. The molecule has 0 radical (unpaired) electrons. The molecule has 0 aromatic heterocycles. The van der Waals surface area contributed by atoms with E-state index >= 15 is 0 Å². The molecule has 0 spiro atoms. The first-order valence-corrected chi connectivity index (χ1v) is 8.78. The molecule has 2 amide bonds. The van der Waals surface area contributed by atoms with Gasteiger partial charge in [0.05, 0.1) is 6.54 Å². The normalized spacial score (nSPS) is 15.0. The highest BCUT2D eigenvalue weighted by Gasteiger charge is 2.20. The number of urea groups is 1. The van der Waals surface area contributed by atoms with Crippen LogP contribution in [0.5, 0.6) is 5.75 Å². The minimum Gasteiger partial charge on any atom is -0.492 e. The van der Waals surface area contributed by atoms with Crippen LogP contribution in [0.4, 0.5) is 4.79 Å². The van der Waals surface area contributed by atoms with E-state index in [0.29, 0.717) is 13.2 Å². The highest BCUT2D eigenvalue weighted by Crippen LogP contribution is 2.09. The van der Waals surface area contributed by atoms with Crippen molar-refractivity contribution in [3.05, 3.63) is 66.2 Å². The minimum absolute atomic E-state index is 0.00368. The van der Waals surface area contributed by atoms with Crippen LogP contribution in [0, 0.1) is 0 Å². The Kier molecular flexibility index (Phi) is 6.29. The number of benzene rings is 2. The zero-order chi connectivity index (χ0) is 17.3. The fraction of sp³-hybridized carbons (Fsp3) is 0.350. The van der Waals surface area contributed by atoms with E-state index in [1.165, 1.54) is 5.56 Å². The minimum atomic E-state index is -0.00368. The first-order valence-electron chi connectivity index (χ1n) is 8.78. The van der Waals surface area contributed by atoms with E-state index in [4.69, 9.17) is 4.74 Å². The molecule has 1 saturated heterocycles. The van der Waals surface area contributed by atoms with Crippen molar-refractivity contribution >= 4 is 6.03 Å². The van der Waals surface area contributed by atoms with E-state index in [1.807, 2.05) is 41.3 Å². The third-order valence-electron chi connectivity index (χ3n) is 4.30. The maximum absolute atomic E-state index is 12.2. The van der Waals surface area contributed by atoms with E-state index < -0.39 is 0 Å². The Morgan fingerprint density at radius 1 is 0.920 bits per heavy atom. The number of hydrogen-bond donors (Lipinski definition) is 1. The summed E-state index contributed by atoms with van der Waals surface area (Å²) in [4.78, 5) is 16.5. The van der Waals surface area contributed by atoms with Gasteiger partial charge in [0.15, 0.2) is 0 Å². The second kappa shape index (κ2) is 9.08. The molecule has 2 aromatic carbocycles. The largest absolute Gasteiger partial charge is 0.492 e. The number of nitrogens with one attached hydrogen (secondary N) is 1. The number of amides is 2. The summed E-state index contributed by atoms with van der Waals surface area (Å²) in [6.07, 6.45) is 0. The highest BCUT2D eigenvalue weighted by atomic mass is 16.5. The molecular weight excluding hydrogens is 314 g/mol. The highest BCUT2D eigenvalue weighted by molar-refractivity contribution is 5.74. The van der Waals surface area contributed by atoms with E-state index in [9.17, 15) is 4.79 Å². The van der Waals surface area contributed by atoms with Crippen molar-refractivity contribution in [3.63, 3.8) is 0 Å². The molecule has 0 atom stereocenters. The Morgan fingerprint density at radius 2 is 1.56 bits per heavy atom. The molecule has 132 valence electrons. The van der Waals surface area contributed by atoms with Crippen LogP contribution in [0.15, 0.2) is 60.7 Å². The topological polar surface area (TPSA) is 44.8 Å². The molecule has 5 heteroatoms. The standard InChI is InChI=1S/C20H25N3O2/c24-20(21-11-16-25-19-9-5-2-6-10-19)23-14-12-22(13-15-23)17-18-7-3-1-4-8-18/h1-10H,11-17H2,(H,21,24). The van der Waals surface area contributed by atoms with Crippen molar-refractivity contribution in [2.75, 3.05) is 39.3 Å². The number of piperazine rings is 1. The summed E-state index contributed by atoms with van der Waals surface area (Å²) in [5.74, 6) is 0.825. The van der Waals surface area contributed by atoms with Crippen molar-refractivity contribution in [1.29, 1.82) is 0 Å². The smallest absolute Gasteiger partial charge is 0.317 e. The number of nitrogens with zero attached hydrogens (tertiary/aromatic N) is 2. The van der Waals surface area contributed by atoms with E-state index in [0.717, 1.165) is 38.5 Å². The molecule has 3 rings (SSSR count). The Bertz CT molecular complexity index is 641. The molecule has 1 aliphatic rings. The third kappa shape index (κ3) is 5.50. The summed E-state index contributed by atoms with van der Waals surface area (Å²) in [7, 11) is 0. The van der Waals surface area contributed by atoms with Gasteiger partial charge in [0.1, 0.15) is 12.4 Å². The van der Waals surface area contributed by atoms with Crippen molar-refractivity contribution in [1.82, 2.24) is 15.1 Å². The maximum Gasteiger partial charge on any atom is 0.317 e. The first-order chi connectivity index (χ1) is 12.3. The summed E-state index contributed by atoms with van der Waals surface area (Å²) in [5, 5.41) is 2.93. The number of rotatable bonds is 6. The molecule has 5 nitrogen and oxygen atoms in total. The van der Waals surface area contributed by atoms with Gasteiger partial charge in [-0.1, -0.05) is 48.5 Å². The molecule has 0 bridgehead atoms. The summed E-state index contributed by atoms with van der Waals surface area (Å²) < 4.78 is 5.59. The van der Waals surface area contributed by atoms with Gasteiger partial charge in [-0.15, -0.1) is 0 Å². The predicted molar refractivity (Wildman–Crippen MR) is 98.6 cm³/mol. The van der Waals surface area contributed by atoms with Crippen LogP contribution in [0.3, 0.4) is 0 Å².